The molecule has 0 bridgehead atoms. The molecular weight excluding hydrogens is 588 g/mol. The van der Waals surface area contributed by atoms with Gasteiger partial charge in [-0.25, -0.2) is 4.79 Å². The average molecular weight is 621 g/mol. The van der Waals surface area contributed by atoms with E-state index in [9.17, 15) is 34.5 Å². The summed E-state index contributed by atoms with van der Waals surface area (Å²) in [5, 5.41) is 35.2. The minimum Gasteiger partial charge on any atom is -0.508 e. The van der Waals surface area contributed by atoms with Crippen LogP contribution in [0.2, 0.25) is 0 Å². The molecule has 44 heavy (non-hydrogen) atoms. The Hall–Kier alpha value is -4.33. The van der Waals surface area contributed by atoms with Gasteiger partial charge in [-0.1, -0.05) is 18.2 Å². The maximum Gasteiger partial charge on any atom is 0.417 e. The first kappa shape index (κ1) is 29.7. The number of carbonyl (C=O) groups excluding carboxylic acids is 3. The molecule has 2 aromatic carbocycles. The van der Waals surface area contributed by atoms with Crippen molar-refractivity contribution in [3.8, 4) is 0 Å². The number of aromatic amines is 1. The highest BCUT2D eigenvalue weighted by molar-refractivity contribution is 7.99. The van der Waals surface area contributed by atoms with E-state index in [-0.39, 0.29) is 23.1 Å². The highest BCUT2D eigenvalue weighted by atomic mass is 32.2. The predicted octanol–water partition coefficient (Wildman–Crippen LogP) is 2.09. The van der Waals surface area contributed by atoms with E-state index in [1.807, 2.05) is 49.3 Å². The van der Waals surface area contributed by atoms with Crippen molar-refractivity contribution in [2.75, 3.05) is 38.8 Å². The fourth-order valence-electron chi connectivity index (χ4n) is 7.17. The monoisotopic (exact) mass is 620 g/mol. The lowest BCUT2D eigenvalue weighted by molar-refractivity contribution is -0.154. The van der Waals surface area contributed by atoms with E-state index >= 15 is 0 Å². The van der Waals surface area contributed by atoms with Crippen LogP contribution in [0.25, 0.3) is 16.9 Å². The molecule has 6 N–H and O–H groups in total. The van der Waals surface area contributed by atoms with Crippen molar-refractivity contribution in [1.29, 1.82) is 0 Å². The van der Waals surface area contributed by atoms with Crippen LogP contribution in [0.15, 0.2) is 67.4 Å². The number of nitrogens with zero attached hydrogens (tertiary/aromatic N) is 2. The van der Waals surface area contributed by atoms with Crippen molar-refractivity contribution in [3.05, 3.63) is 75.0 Å². The summed E-state index contributed by atoms with van der Waals surface area (Å²) < 4.78 is 5.49. The van der Waals surface area contributed by atoms with Crippen LogP contribution in [0, 0.1) is 11.8 Å². The molecule has 1 fully saturated rings. The molecule has 0 aliphatic heterocycles. The van der Waals surface area contributed by atoms with E-state index < -0.39 is 69.7 Å². The number of hydrogen-bond donors (Lipinski definition) is 5. The fourth-order valence-corrected chi connectivity index (χ4v) is 8.29. The molecule has 3 aliphatic rings. The van der Waals surface area contributed by atoms with Crippen molar-refractivity contribution in [3.63, 3.8) is 0 Å². The number of oxazole rings is 1. The number of anilines is 1. The lowest BCUT2D eigenvalue weighted by atomic mass is 9.55. The molecule has 6 rings (SSSR count). The average Bonchev–Trinajstić information content (AvgIpc) is 3.34. The molecule has 13 heteroatoms. The van der Waals surface area contributed by atoms with Gasteiger partial charge in [0, 0.05) is 47.8 Å². The quantitative estimate of drug-likeness (QED) is 0.200. The van der Waals surface area contributed by atoms with Crippen LogP contribution in [-0.4, -0.2) is 88.3 Å². The van der Waals surface area contributed by atoms with Gasteiger partial charge >= 0.3 is 5.76 Å². The zero-order valence-electron chi connectivity index (χ0n) is 24.5. The van der Waals surface area contributed by atoms with E-state index in [4.69, 9.17) is 10.2 Å². The molecule has 230 valence electrons. The number of aliphatic hydroxyl groups excluding tert-OH is 2. The van der Waals surface area contributed by atoms with Crippen molar-refractivity contribution >= 4 is 51.8 Å². The van der Waals surface area contributed by atoms with Gasteiger partial charge in [0.1, 0.15) is 17.1 Å². The number of Topliss-reactive ketones (excluding diaryl/α,β-unsaturated/α-hetero) is 2. The molecule has 3 aromatic rings. The summed E-state index contributed by atoms with van der Waals surface area (Å²) in [7, 11) is 6.78. The first-order chi connectivity index (χ1) is 20.8. The molecule has 5 atom stereocenters. The summed E-state index contributed by atoms with van der Waals surface area (Å²) in [6.45, 7) is 0. The van der Waals surface area contributed by atoms with Crippen LogP contribution in [0.5, 0.6) is 0 Å². The number of hydrogen-bond acceptors (Lipinski definition) is 11. The molecule has 3 aliphatic carbocycles. The number of nitrogens with two attached hydrogens (primary N) is 1. The van der Waals surface area contributed by atoms with Gasteiger partial charge in [-0.2, -0.15) is 0 Å². The van der Waals surface area contributed by atoms with E-state index in [1.165, 1.54) is 16.7 Å². The first-order valence-electron chi connectivity index (χ1n) is 14.0. The second kappa shape index (κ2) is 10.4. The summed E-state index contributed by atoms with van der Waals surface area (Å²) in [5.74, 6) is -7.49. The van der Waals surface area contributed by atoms with E-state index in [0.717, 1.165) is 4.90 Å². The van der Waals surface area contributed by atoms with Crippen LogP contribution < -0.4 is 16.4 Å². The fraction of sp³-hybridized carbons (Fsp3) is 0.355. The summed E-state index contributed by atoms with van der Waals surface area (Å²) in [6, 6.07) is 10.2. The van der Waals surface area contributed by atoms with Gasteiger partial charge in [-0.05, 0) is 50.2 Å². The van der Waals surface area contributed by atoms with Crippen LogP contribution >= 0.6 is 11.8 Å². The summed E-state index contributed by atoms with van der Waals surface area (Å²) in [4.78, 5) is 59.6. The third-order valence-electron chi connectivity index (χ3n) is 9.04. The van der Waals surface area contributed by atoms with Gasteiger partial charge in [0.2, 0.25) is 5.78 Å². The number of fused-ring (bicyclic) bond motifs is 5. The second-order valence-corrected chi connectivity index (χ2v) is 13.0. The van der Waals surface area contributed by atoms with Crippen LogP contribution in [-0.2, 0) is 14.4 Å². The zero-order valence-corrected chi connectivity index (χ0v) is 25.3. The van der Waals surface area contributed by atoms with E-state index in [1.54, 1.807) is 20.2 Å². The topological polar surface area (TPSA) is 190 Å². The van der Waals surface area contributed by atoms with Crippen LogP contribution in [0.4, 0.5) is 5.69 Å². The first-order valence-corrected chi connectivity index (χ1v) is 15.0. The third-order valence-corrected chi connectivity index (χ3v) is 10.2. The van der Waals surface area contributed by atoms with Crippen molar-refractivity contribution in [2.24, 2.45) is 17.6 Å². The van der Waals surface area contributed by atoms with E-state index in [2.05, 4.69) is 4.98 Å². The number of likely N-dealkylation sites (N-methyl/N-ethyl adjacent to an activating group) is 1. The van der Waals surface area contributed by atoms with Gasteiger partial charge in [0.15, 0.2) is 17.0 Å². The third kappa shape index (κ3) is 4.14. The number of carbonyl (C=O) groups is 3. The van der Waals surface area contributed by atoms with Crippen molar-refractivity contribution in [1.82, 2.24) is 9.88 Å². The summed E-state index contributed by atoms with van der Waals surface area (Å²) >= 11 is 1.53. The van der Waals surface area contributed by atoms with Crippen molar-refractivity contribution in [2.45, 2.75) is 28.9 Å². The summed E-state index contributed by atoms with van der Waals surface area (Å²) in [6.07, 6.45) is -0.00618. The van der Waals surface area contributed by atoms with Gasteiger partial charge in [-0.15, -0.1) is 11.8 Å². The Morgan fingerprint density at radius 2 is 1.82 bits per heavy atom. The molecule has 0 radical (unpaired) electrons. The van der Waals surface area contributed by atoms with E-state index in [0.29, 0.717) is 22.5 Å². The molecule has 1 saturated carbocycles. The van der Waals surface area contributed by atoms with Gasteiger partial charge < -0.3 is 30.4 Å². The number of amides is 1. The Bertz CT molecular complexity index is 1860. The zero-order chi connectivity index (χ0) is 31.8. The maximum atomic E-state index is 14.5. The standard InChI is InChI=1S/C31H32N4O8S/c1-34(2)18-11-17-26(43-30(41)33-17)21-19(18)15(12-44-13-8-6-5-7-9-13)14-10-16-23(35(3)4)25(37)22(29(32)40)28(39)31(16,42)27(38)20(14)24(21)36/h5-9,11,14-16,23,36,39,42H,10,12H2,1-4H3,(H2,32,40)(H,33,41)/t14-,15-,16+,23+,31+/m1/s1. The minimum atomic E-state index is -2.72. The number of benzene rings is 2. The molecule has 0 spiro atoms. The van der Waals surface area contributed by atoms with Gasteiger partial charge in [0.25, 0.3) is 5.91 Å². The number of H-pyrrole nitrogens is 1. The molecule has 0 saturated heterocycles. The molecule has 12 nitrogen and oxygen atoms in total. The predicted molar refractivity (Wildman–Crippen MR) is 164 cm³/mol. The SMILES string of the molecule is CN(C)c1cc2[nH]c(=O)oc2c2c1[C@H](CSc1ccccc1)[C@H]1C[C@H]3[C@H](N(C)C)C(=O)C(C(N)=O)=C(O)[C@@]3(O)C(=O)C1=C2O. The largest absolute Gasteiger partial charge is 0.508 e. The molecule has 0 unspecified atom stereocenters. The number of aromatic nitrogens is 1. The maximum absolute atomic E-state index is 14.5. The van der Waals surface area contributed by atoms with Crippen LogP contribution in [0.3, 0.4) is 0 Å². The van der Waals surface area contributed by atoms with Crippen molar-refractivity contribution < 1.29 is 34.1 Å². The molecule has 1 heterocycles. The highest BCUT2D eigenvalue weighted by Crippen LogP contribution is 2.58. The minimum absolute atomic E-state index is 0.00618. The Morgan fingerprint density at radius 1 is 1.14 bits per heavy atom. The number of aliphatic hydroxyl groups is 3. The molecule has 1 aromatic heterocycles. The number of nitrogens with one attached hydrogen (secondary N) is 1. The lowest BCUT2D eigenvalue weighted by Gasteiger charge is -2.52. The van der Waals surface area contributed by atoms with Crippen LogP contribution in [0.1, 0.15) is 23.5 Å². The van der Waals surface area contributed by atoms with Gasteiger partial charge in [0.05, 0.1) is 17.1 Å². The summed E-state index contributed by atoms with van der Waals surface area (Å²) in [5.41, 5.74) is 3.47. The number of ketones is 2. The smallest absolute Gasteiger partial charge is 0.417 e. The number of thioether (sulfide) groups is 1. The lowest BCUT2D eigenvalue weighted by Crippen LogP contribution is -2.66. The normalized spacial score (nSPS) is 26.6. The number of primary amides is 1. The number of rotatable bonds is 6. The molecular formula is C31H32N4O8S. The molecule has 1 amide bonds. The second-order valence-electron chi connectivity index (χ2n) is 11.9. The van der Waals surface area contributed by atoms with Gasteiger partial charge in [-0.3, -0.25) is 24.3 Å². The Labute approximate surface area is 255 Å². The Balaban J connectivity index is 1.65. The Morgan fingerprint density at radius 3 is 2.43 bits per heavy atom. The Kier molecular flexibility index (Phi) is 7.02. The highest BCUT2D eigenvalue weighted by Gasteiger charge is 2.65.